The lowest BCUT2D eigenvalue weighted by molar-refractivity contribution is -0.140. The van der Waals surface area contributed by atoms with Crippen molar-refractivity contribution in [3.05, 3.63) is 35.9 Å². The van der Waals surface area contributed by atoms with Crippen LogP contribution in [0.1, 0.15) is 56.9 Å². The molecule has 2 aliphatic rings. The number of likely N-dealkylation sites (tertiary alicyclic amines) is 2. The zero-order valence-corrected chi connectivity index (χ0v) is 15.3. The lowest BCUT2D eigenvalue weighted by Gasteiger charge is -2.34. The fraction of sp³-hybridized carbons (Fsp3) is 0.619. The first-order valence-electron chi connectivity index (χ1n) is 9.80. The smallest absolute Gasteiger partial charge is 0.227 e. The first kappa shape index (κ1) is 18.0. The minimum Gasteiger partial charge on any atom is -0.342 e. The third-order valence-corrected chi connectivity index (χ3v) is 5.74. The SMILES string of the molecule is CCC(=O)N1CCC[C@H](C(=O)N2CCC[C@H](c3ccccc3)CC2)C1. The van der Waals surface area contributed by atoms with Gasteiger partial charge in [-0.1, -0.05) is 37.3 Å². The van der Waals surface area contributed by atoms with E-state index < -0.39 is 0 Å². The second kappa shape index (κ2) is 8.50. The van der Waals surface area contributed by atoms with Crippen molar-refractivity contribution in [1.29, 1.82) is 0 Å². The molecule has 2 aliphatic heterocycles. The van der Waals surface area contributed by atoms with Crippen LogP contribution in [-0.2, 0) is 9.59 Å². The Morgan fingerprint density at radius 1 is 0.960 bits per heavy atom. The summed E-state index contributed by atoms with van der Waals surface area (Å²) in [6.07, 6.45) is 5.66. The van der Waals surface area contributed by atoms with Crippen molar-refractivity contribution < 1.29 is 9.59 Å². The molecule has 0 saturated carbocycles. The number of carbonyl (C=O) groups excluding carboxylic acids is 2. The third-order valence-electron chi connectivity index (χ3n) is 5.74. The molecule has 0 aromatic heterocycles. The summed E-state index contributed by atoms with van der Waals surface area (Å²) in [7, 11) is 0. The first-order chi connectivity index (χ1) is 12.2. The van der Waals surface area contributed by atoms with Crippen molar-refractivity contribution in [1.82, 2.24) is 9.80 Å². The van der Waals surface area contributed by atoms with Gasteiger partial charge in [0.2, 0.25) is 11.8 Å². The fourth-order valence-electron chi connectivity index (χ4n) is 4.26. The summed E-state index contributed by atoms with van der Waals surface area (Å²) in [4.78, 5) is 28.9. The molecule has 0 unspecified atom stereocenters. The predicted molar refractivity (Wildman–Crippen MR) is 99.2 cm³/mol. The Bertz CT molecular complexity index is 587. The molecule has 2 saturated heterocycles. The molecule has 0 aliphatic carbocycles. The predicted octanol–water partition coefficient (Wildman–Crippen LogP) is 3.43. The lowest BCUT2D eigenvalue weighted by Crippen LogP contribution is -2.46. The van der Waals surface area contributed by atoms with E-state index in [4.69, 9.17) is 0 Å². The van der Waals surface area contributed by atoms with Gasteiger partial charge in [-0.15, -0.1) is 0 Å². The van der Waals surface area contributed by atoms with Crippen LogP contribution in [-0.4, -0.2) is 47.8 Å². The maximum absolute atomic E-state index is 13.0. The highest BCUT2D eigenvalue weighted by Gasteiger charge is 2.31. The maximum atomic E-state index is 13.0. The van der Waals surface area contributed by atoms with Crippen LogP contribution in [0.2, 0.25) is 0 Å². The minimum atomic E-state index is -0.00229. The summed E-state index contributed by atoms with van der Waals surface area (Å²) in [5.74, 6) is 1.00. The second-order valence-electron chi connectivity index (χ2n) is 7.40. The highest BCUT2D eigenvalue weighted by atomic mass is 16.2. The highest BCUT2D eigenvalue weighted by Crippen LogP contribution is 2.29. The van der Waals surface area contributed by atoms with Crippen LogP contribution in [0.5, 0.6) is 0 Å². The van der Waals surface area contributed by atoms with E-state index in [-0.39, 0.29) is 17.7 Å². The zero-order chi connectivity index (χ0) is 17.6. The Hall–Kier alpha value is -1.84. The third kappa shape index (κ3) is 4.42. The molecule has 0 bridgehead atoms. The molecule has 2 amide bonds. The molecule has 25 heavy (non-hydrogen) atoms. The van der Waals surface area contributed by atoms with Gasteiger partial charge in [0.15, 0.2) is 0 Å². The molecule has 0 radical (unpaired) electrons. The number of hydrogen-bond donors (Lipinski definition) is 0. The van der Waals surface area contributed by atoms with E-state index in [1.807, 2.05) is 11.8 Å². The molecule has 3 rings (SSSR count). The zero-order valence-electron chi connectivity index (χ0n) is 15.3. The molecule has 2 fully saturated rings. The van der Waals surface area contributed by atoms with Crippen molar-refractivity contribution in [3.63, 3.8) is 0 Å². The lowest BCUT2D eigenvalue weighted by atomic mass is 9.92. The minimum absolute atomic E-state index is 0.00229. The molecular formula is C21H30N2O2. The number of hydrogen-bond acceptors (Lipinski definition) is 2. The number of piperidine rings is 1. The van der Waals surface area contributed by atoms with Gasteiger partial charge in [0, 0.05) is 32.6 Å². The summed E-state index contributed by atoms with van der Waals surface area (Å²) in [5, 5.41) is 0. The largest absolute Gasteiger partial charge is 0.342 e. The fourth-order valence-corrected chi connectivity index (χ4v) is 4.26. The summed E-state index contributed by atoms with van der Waals surface area (Å²) >= 11 is 0. The summed E-state index contributed by atoms with van der Waals surface area (Å²) in [5.41, 5.74) is 1.40. The van der Waals surface area contributed by atoms with E-state index in [0.29, 0.717) is 18.9 Å². The van der Waals surface area contributed by atoms with E-state index in [1.165, 1.54) is 5.56 Å². The van der Waals surface area contributed by atoms with Crippen molar-refractivity contribution in [2.24, 2.45) is 5.92 Å². The standard InChI is InChI=1S/C21H30N2O2/c1-2-20(24)23-14-7-11-19(16-23)21(25)22-13-6-10-18(12-15-22)17-8-4-3-5-9-17/h3-5,8-9,18-19H,2,6-7,10-16H2,1H3/t18-,19-/m0/s1. The van der Waals surface area contributed by atoms with Crippen LogP contribution in [0.15, 0.2) is 30.3 Å². The van der Waals surface area contributed by atoms with Crippen LogP contribution >= 0.6 is 0 Å². The summed E-state index contributed by atoms with van der Waals surface area (Å²) < 4.78 is 0. The topological polar surface area (TPSA) is 40.6 Å². The van der Waals surface area contributed by atoms with E-state index in [2.05, 4.69) is 35.2 Å². The summed E-state index contributed by atoms with van der Waals surface area (Å²) in [6, 6.07) is 10.7. The normalized spacial score (nSPS) is 24.7. The molecule has 4 heteroatoms. The van der Waals surface area contributed by atoms with Crippen molar-refractivity contribution in [2.75, 3.05) is 26.2 Å². The van der Waals surface area contributed by atoms with Gasteiger partial charge in [0.1, 0.15) is 0 Å². The number of amides is 2. The van der Waals surface area contributed by atoms with Crippen molar-refractivity contribution >= 4 is 11.8 Å². The molecule has 1 aromatic rings. The van der Waals surface area contributed by atoms with Gasteiger partial charge < -0.3 is 9.80 Å². The average Bonchev–Trinajstić information content (AvgIpc) is 2.94. The molecule has 0 N–H and O–H groups in total. The van der Waals surface area contributed by atoms with Crippen LogP contribution in [0.3, 0.4) is 0 Å². The van der Waals surface area contributed by atoms with Gasteiger partial charge in [-0.3, -0.25) is 9.59 Å². The monoisotopic (exact) mass is 342 g/mol. The number of benzene rings is 1. The van der Waals surface area contributed by atoms with Gasteiger partial charge in [0.25, 0.3) is 0 Å². The molecular weight excluding hydrogens is 312 g/mol. The highest BCUT2D eigenvalue weighted by molar-refractivity contribution is 5.81. The Morgan fingerprint density at radius 3 is 2.44 bits per heavy atom. The van der Waals surface area contributed by atoms with Crippen molar-refractivity contribution in [3.8, 4) is 0 Å². The maximum Gasteiger partial charge on any atom is 0.227 e. The Balaban J connectivity index is 1.58. The molecule has 0 spiro atoms. The summed E-state index contributed by atoms with van der Waals surface area (Å²) in [6.45, 7) is 5.03. The number of rotatable bonds is 3. The Kier molecular flexibility index (Phi) is 6.11. The molecule has 2 atom stereocenters. The first-order valence-corrected chi connectivity index (χ1v) is 9.80. The van der Waals surface area contributed by atoms with E-state index >= 15 is 0 Å². The van der Waals surface area contributed by atoms with Crippen LogP contribution in [0.25, 0.3) is 0 Å². The van der Waals surface area contributed by atoms with Crippen LogP contribution < -0.4 is 0 Å². The quantitative estimate of drug-likeness (QED) is 0.844. The van der Waals surface area contributed by atoms with Gasteiger partial charge in [-0.25, -0.2) is 0 Å². The number of nitrogens with zero attached hydrogens (tertiary/aromatic N) is 2. The Morgan fingerprint density at radius 2 is 1.68 bits per heavy atom. The van der Waals surface area contributed by atoms with Gasteiger partial charge >= 0.3 is 0 Å². The Labute approximate surface area is 151 Å². The van der Waals surface area contributed by atoms with E-state index in [1.54, 1.807) is 0 Å². The molecule has 136 valence electrons. The van der Waals surface area contributed by atoms with Gasteiger partial charge in [0.05, 0.1) is 5.92 Å². The van der Waals surface area contributed by atoms with Crippen molar-refractivity contribution in [2.45, 2.75) is 51.4 Å². The van der Waals surface area contributed by atoms with Gasteiger partial charge in [-0.05, 0) is 43.6 Å². The average molecular weight is 342 g/mol. The number of carbonyl (C=O) groups is 2. The molecule has 4 nitrogen and oxygen atoms in total. The molecule has 1 aromatic carbocycles. The van der Waals surface area contributed by atoms with Gasteiger partial charge in [-0.2, -0.15) is 0 Å². The van der Waals surface area contributed by atoms with Crippen LogP contribution in [0.4, 0.5) is 0 Å². The van der Waals surface area contributed by atoms with E-state index in [0.717, 1.165) is 51.7 Å². The second-order valence-corrected chi connectivity index (χ2v) is 7.40. The van der Waals surface area contributed by atoms with Crippen LogP contribution in [0, 0.1) is 5.92 Å². The molecule has 2 heterocycles. The van der Waals surface area contributed by atoms with E-state index in [9.17, 15) is 9.59 Å².